The van der Waals surface area contributed by atoms with Crippen LogP contribution in [0.4, 0.5) is 4.79 Å². The van der Waals surface area contributed by atoms with Gasteiger partial charge in [0.2, 0.25) is 0 Å². The third kappa shape index (κ3) is 5.69. The lowest BCUT2D eigenvalue weighted by atomic mass is 9.89. The monoisotopic (exact) mass is 396 g/mol. The Labute approximate surface area is 161 Å². The van der Waals surface area contributed by atoms with E-state index in [1.54, 1.807) is 24.0 Å². The molecular weight excluding hydrogens is 368 g/mol. The van der Waals surface area contributed by atoms with Gasteiger partial charge in [-0.25, -0.2) is 18.0 Å². The van der Waals surface area contributed by atoms with Gasteiger partial charge in [-0.3, -0.25) is 0 Å². The minimum atomic E-state index is -3.19. The molecule has 8 heteroatoms. The Bertz CT molecular complexity index is 753. The molecule has 0 radical (unpaired) electrons. The summed E-state index contributed by atoms with van der Waals surface area (Å²) in [6, 6.07) is 6.10. The number of urea groups is 1. The molecule has 1 saturated heterocycles. The van der Waals surface area contributed by atoms with Crippen molar-refractivity contribution in [3.63, 3.8) is 0 Å². The largest absolute Gasteiger partial charge is 0.464 e. The molecule has 0 spiro atoms. The summed E-state index contributed by atoms with van der Waals surface area (Å²) in [7, 11) is -3.19. The number of ether oxygens (including phenoxy) is 1. The number of piperidine rings is 1. The molecule has 1 N–H and O–H groups in total. The zero-order valence-electron chi connectivity index (χ0n) is 16.1. The topological polar surface area (TPSA) is 92.8 Å². The fourth-order valence-electron chi connectivity index (χ4n) is 3.21. The maximum atomic E-state index is 12.4. The summed E-state index contributed by atoms with van der Waals surface area (Å²) in [5, 5.41) is 2.75. The molecule has 7 nitrogen and oxygen atoms in total. The van der Waals surface area contributed by atoms with Gasteiger partial charge in [-0.05, 0) is 49.8 Å². The fraction of sp³-hybridized carbons (Fsp3) is 0.579. The predicted molar refractivity (Wildman–Crippen MR) is 102 cm³/mol. The van der Waals surface area contributed by atoms with E-state index in [2.05, 4.69) is 5.32 Å². The van der Waals surface area contributed by atoms with E-state index in [0.717, 1.165) is 18.4 Å². The second-order valence-electron chi connectivity index (χ2n) is 6.76. The van der Waals surface area contributed by atoms with E-state index in [1.165, 1.54) is 6.26 Å². The third-order valence-electron chi connectivity index (χ3n) is 4.84. The molecule has 2 rings (SSSR count). The molecule has 0 bridgehead atoms. The van der Waals surface area contributed by atoms with E-state index in [-0.39, 0.29) is 18.6 Å². The first-order chi connectivity index (χ1) is 12.8. The van der Waals surface area contributed by atoms with Crippen molar-refractivity contribution >= 4 is 21.8 Å². The van der Waals surface area contributed by atoms with E-state index in [1.807, 2.05) is 19.1 Å². The average Bonchev–Trinajstić information content (AvgIpc) is 2.65. The summed E-state index contributed by atoms with van der Waals surface area (Å²) in [6.45, 7) is 5.02. The highest BCUT2D eigenvalue weighted by Crippen LogP contribution is 2.28. The van der Waals surface area contributed by atoms with Gasteiger partial charge in [-0.15, -0.1) is 0 Å². The van der Waals surface area contributed by atoms with Gasteiger partial charge in [0.25, 0.3) is 0 Å². The lowest BCUT2D eigenvalue weighted by Gasteiger charge is -2.33. The Kier molecular flexibility index (Phi) is 7.24. The van der Waals surface area contributed by atoms with Crippen LogP contribution in [0.2, 0.25) is 0 Å². The number of rotatable bonds is 6. The van der Waals surface area contributed by atoms with Crippen LogP contribution in [0.5, 0.6) is 0 Å². The Morgan fingerprint density at radius 1 is 1.19 bits per heavy atom. The first-order valence-corrected chi connectivity index (χ1v) is 11.2. The van der Waals surface area contributed by atoms with E-state index < -0.39 is 21.8 Å². The van der Waals surface area contributed by atoms with Crippen LogP contribution in [0.3, 0.4) is 0 Å². The Morgan fingerprint density at radius 3 is 2.26 bits per heavy atom. The Morgan fingerprint density at radius 2 is 1.78 bits per heavy atom. The summed E-state index contributed by atoms with van der Waals surface area (Å²) < 4.78 is 28.1. The number of esters is 1. The normalized spacial score (nSPS) is 16.6. The number of hydrogen-bond acceptors (Lipinski definition) is 5. The number of carbonyl (C=O) groups excluding carboxylic acids is 2. The van der Waals surface area contributed by atoms with Crippen molar-refractivity contribution in [1.82, 2.24) is 10.2 Å². The highest BCUT2D eigenvalue weighted by atomic mass is 32.2. The number of nitrogens with zero attached hydrogens (tertiary/aromatic N) is 1. The SMILES string of the molecule is CCOC(=O)C(CC)NC(=O)N1CCC(c2ccc(S(C)(=O)=O)cc2)CC1. The van der Waals surface area contributed by atoms with Gasteiger partial charge < -0.3 is 15.0 Å². The van der Waals surface area contributed by atoms with E-state index in [0.29, 0.717) is 24.4 Å². The van der Waals surface area contributed by atoms with Crippen molar-refractivity contribution in [3.05, 3.63) is 29.8 Å². The lowest BCUT2D eigenvalue weighted by molar-refractivity contribution is -0.145. The van der Waals surface area contributed by atoms with Crippen LogP contribution >= 0.6 is 0 Å². The summed E-state index contributed by atoms with van der Waals surface area (Å²) in [4.78, 5) is 26.3. The van der Waals surface area contributed by atoms with Gasteiger partial charge in [0.15, 0.2) is 9.84 Å². The average molecular weight is 397 g/mol. The van der Waals surface area contributed by atoms with Crippen molar-refractivity contribution in [1.29, 1.82) is 0 Å². The Hall–Kier alpha value is -2.09. The molecule has 0 saturated carbocycles. The highest BCUT2D eigenvalue weighted by Gasteiger charge is 2.27. The van der Waals surface area contributed by atoms with E-state index >= 15 is 0 Å². The van der Waals surface area contributed by atoms with Crippen LogP contribution in [-0.2, 0) is 19.4 Å². The smallest absolute Gasteiger partial charge is 0.328 e. The van der Waals surface area contributed by atoms with Crippen LogP contribution in [0, 0.1) is 0 Å². The fourth-order valence-corrected chi connectivity index (χ4v) is 3.84. The standard InChI is InChI=1S/C19H28N2O5S/c1-4-17(18(22)26-5-2)20-19(23)21-12-10-15(11-13-21)14-6-8-16(9-7-14)27(3,24)25/h6-9,15,17H,4-5,10-13H2,1-3H3,(H,20,23). The minimum absolute atomic E-state index is 0.249. The number of hydrogen-bond donors (Lipinski definition) is 1. The number of carbonyl (C=O) groups is 2. The Balaban J connectivity index is 1.90. The van der Waals surface area contributed by atoms with Crippen molar-refractivity contribution < 1.29 is 22.7 Å². The van der Waals surface area contributed by atoms with Crippen molar-refractivity contribution in [2.24, 2.45) is 0 Å². The molecule has 27 heavy (non-hydrogen) atoms. The lowest BCUT2D eigenvalue weighted by Crippen LogP contribution is -2.50. The van der Waals surface area contributed by atoms with E-state index in [9.17, 15) is 18.0 Å². The van der Waals surface area contributed by atoms with Gasteiger partial charge in [-0.2, -0.15) is 0 Å². The van der Waals surface area contributed by atoms with Crippen LogP contribution in [0.1, 0.15) is 44.6 Å². The van der Waals surface area contributed by atoms with Gasteiger partial charge in [0.1, 0.15) is 6.04 Å². The minimum Gasteiger partial charge on any atom is -0.464 e. The molecular formula is C19H28N2O5S. The molecule has 1 unspecified atom stereocenters. The number of sulfone groups is 1. The summed E-state index contributed by atoms with van der Waals surface area (Å²) in [5.74, 6) is -0.121. The molecule has 1 aliphatic heterocycles. The number of nitrogens with one attached hydrogen (secondary N) is 1. The van der Waals surface area contributed by atoms with Crippen molar-refractivity contribution in [3.8, 4) is 0 Å². The molecule has 1 heterocycles. The number of benzene rings is 1. The van der Waals surface area contributed by atoms with Crippen molar-refractivity contribution in [2.45, 2.75) is 50.0 Å². The summed E-state index contributed by atoms with van der Waals surface area (Å²) in [6.07, 6.45) is 3.26. The molecule has 2 amide bonds. The highest BCUT2D eigenvalue weighted by molar-refractivity contribution is 7.90. The second-order valence-corrected chi connectivity index (χ2v) is 8.78. The zero-order chi connectivity index (χ0) is 20.0. The molecule has 1 aliphatic rings. The molecule has 1 atom stereocenters. The van der Waals surface area contributed by atoms with Crippen LogP contribution < -0.4 is 5.32 Å². The molecule has 1 aromatic carbocycles. The zero-order valence-corrected chi connectivity index (χ0v) is 16.9. The van der Waals surface area contributed by atoms with Crippen LogP contribution in [-0.4, -0.2) is 57.3 Å². The first kappa shape index (κ1) is 21.2. The molecule has 1 aromatic rings. The second kappa shape index (κ2) is 9.21. The molecule has 150 valence electrons. The molecule has 0 aromatic heterocycles. The molecule has 1 fully saturated rings. The maximum Gasteiger partial charge on any atom is 0.328 e. The first-order valence-electron chi connectivity index (χ1n) is 9.28. The summed E-state index contributed by atoms with van der Waals surface area (Å²) in [5.41, 5.74) is 1.08. The van der Waals surface area contributed by atoms with Crippen molar-refractivity contribution in [2.75, 3.05) is 26.0 Å². The predicted octanol–water partition coefficient (Wildman–Crippen LogP) is 2.32. The van der Waals surface area contributed by atoms with E-state index in [4.69, 9.17) is 4.74 Å². The van der Waals surface area contributed by atoms with Gasteiger partial charge in [-0.1, -0.05) is 19.1 Å². The number of likely N-dealkylation sites (tertiary alicyclic amines) is 1. The number of amides is 2. The maximum absolute atomic E-state index is 12.4. The van der Waals surface area contributed by atoms with Gasteiger partial charge in [0.05, 0.1) is 11.5 Å². The van der Waals surface area contributed by atoms with Crippen LogP contribution in [0.15, 0.2) is 29.2 Å². The van der Waals surface area contributed by atoms with Gasteiger partial charge >= 0.3 is 12.0 Å². The molecule has 0 aliphatic carbocycles. The quantitative estimate of drug-likeness (QED) is 0.745. The van der Waals surface area contributed by atoms with Crippen LogP contribution in [0.25, 0.3) is 0 Å². The summed E-state index contributed by atoms with van der Waals surface area (Å²) >= 11 is 0. The van der Waals surface area contributed by atoms with Gasteiger partial charge in [0, 0.05) is 19.3 Å². The third-order valence-corrected chi connectivity index (χ3v) is 5.97.